The molecule has 2 fully saturated rings. The Kier molecular flexibility index (Phi) is 4.26. The average Bonchev–Trinajstić information content (AvgIpc) is 3.06. The van der Waals surface area contributed by atoms with Crippen LogP contribution in [0.4, 0.5) is 0 Å². The lowest BCUT2D eigenvalue weighted by molar-refractivity contribution is 0.201. The van der Waals surface area contributed by atoms with Crippen LogP contribution in [0.2, 0.25) is 0 Å². The fourth-order valence-electron chi connectivity index (χ4n) is 2.68. The minimum atomic E-state index is 0.768. The maximum absolute atomic E-state index is 3.69. The largest absolute Gasteiger partial charge is 0.313 e. The van der Waals surface area contributed by atoms with Gasteiger partial charge in [-0.25, -0.2) is 0 Å². The van der Waals surface area contributed by atoms with Crippen LogP contribution >= 0.6 is 0 Å². The molecule has 0 bridgehead atoms. The van der Waals surface area contributed by atoms with E-state index in [-0.39, 0.29) is 0 Å². The molecule has 2 nitrogen and oxygen atoms in total. The average molecular weight is 224 g/mol. The Morgan fingerprint density at radius 2 is 1.81 bits per heavy atom. The molecule has 0 amide bonds. The van der Waals surface area contributed by atoms with E-state index >= 15 is 0 Å². The van der Waals surface area contributed by atoms with Gasteiger partial charge in [-0.3, -0.25) is 4.90 Å². The predicted molar refractivity (Wildman–Crippen MR) is 69.6 cm³/mol. The van der Waals surface area contributed by atoms with Crippen molar-refractivity contribution in [3.63, 3.8) is 0 Å². The second kappa shape index (κ2) is 5.50. The number of nitrogens with zero attached hydrogens (tertiary/aromatic N) is 1. The number of likely N-dealkylation sites (N-methyl/N-ethyl adjacent to an activating group) is 1. The van der Waals surface area contributed by atoms with Crippen LogP contribution in [-0.4, -0.2) is 36.6 Å². The summed E-state index contributed by atoms with van der Waals surface area (Å²) in [5, 5.41) is 3.69. The second-order valence-electron chi connectivity index (χ2n) is 6.08. The van der Waals surface area contributed by atoms with E-state index in [0.29, 0.717) is 0 Å². The SMILES string of the molecule is CCNC(CN(CC(C)C)C1CC1)C1CC1. The monoisotopic (exact) mass is 224 g/mol. The van der Waals surface area contributed by atoms with Gasteiger partial charge in [0.05, 0.1) is 0 Å². The topological polar surface area (TPSA) is 15.3 Å². The van der Waals surface area contributed by atoms with Crippen LogP contribution in [-0.2, 0) is 0 Å². The first-order valence-corrected chi connectivity index (χ1v) is 7.18. The van der Waals surface area contributed by atoms with Crippen LogP contribution in [0.25, 0.3) is 0 Å². The smallest absolute Gasteiger partial charge is 0.0223 e. The lowest BCUT2D eigenvalue weighted by atomic mass is 10.1. The summed E-state index contributed by atoms with van der Waals surface area (Å²) in [6, 6.07) is 1.69. The van der Waals surface area contributed by atoms with Crippen molar-refractivity contribution in [3.8, 4) is 0 Å². The van der Waals surface area contributed by atoms with Gasteiger partial charge in [-0.05, 0) is 44.1 Å². The lowest BCUT2D eigenvalue weighted by Crippen LogP contribution is -2.44. The highest BCUT2D eigenvalue weighted by molar-refractivity contribution is 4.92. The van der Waals surface area contributed by atoms with Gasteiger partial charge in [0.1, 0.15) is 0 Å². The molecule has 0 aliphatic heterocycles. The molecule has 2 rings (SSSR count). The van der Waals surface area contributed by atoms with Crippen molar-refractivity contribution >= 4 is 0 Å². The molecular formula is C14H28N2. The van der Waals surface area contributed by atoms with Crippen LogP contribution < -0.4 is 5.32 Å². The molecule has 0 radical (unpaired) electrons. The van der Waals surface area contributed by atoms with E-state index in [4.69, 9.17) is 0 Å². The highest BCUT2D eigenvalue weighted by atomic mass is 15.2. The van der Waals surface area contributed by atoms with E-state index in [1.165, 1.54) is 38.8 Å². The highest BCUT2D eigenvalue weighted by Gasteiger charge is 2.36. The van der Waals surface area contributed by atoms with Gasteiger partial charge in [-0.15, -0.1) is 0 Å². The Hall–Kier alpha value is -0.0800. The zero-order valence-corrected chi connectivity index (χ0v) is 11.2. The first-order valence-electron chi connectivity index (χ1n) is 7.18. The fourth-order valence-corrected chi connectivity index (χ4v) is 2.68. The van der Waals surface area contributed by atoms with Crippen LogP contribution in [0.3, 0.4) is 0 Å². The minimum absolute atomic E-state index is 0.768. The van der Waals surface area contributed by atoms with Crippen LogP contribution in [0.5, 0.6) is 0 Å². The molecule has 0 spiro atoms. The molecule has 2 aliphatic rings. The van der Waals surface area contributed by atoms with Crippen molar-refractivity contribution < 1.29 is 0 Å². The molecule has 1 N–H and O–H groups in total. The Balaban J connectivity index is 1.81. The molecule has 1 unspecified atom stereocenters. The van der Waals surface area contributed by atoms with E-state index in [0.717, 1.165) is 30.5 Å². The quantitative estimate of drug-likeness (QED) is 0.681. The number of nitrogens with one attached hydrogen (secondary N) is 1. The molecular weight excluding hydrogens is 196 g/mol. The molecule has 2 saturated carbocycles. The minimum Gasteiger partial charge on any atom is -0.313 e. The van der Waals surface area contributed by atoms with Crippen molar-refractivity contribution in [2.45, 2.75) is 58.5 Å². The van der Waals surface area contributed by atoms with Crippen LogP contribution in [0.15, 0.2) is 0 Å². The molecule has 0 saturated heterocycles. The molecule has 94 valence electrons. The van der Waals surface area contributed by atoms with Crippen molar-refractivity contribution in [2.75, 3.05) is 19.6 Å². The fraction of sp³-hybridized carbons (Fsp3) is 1.00. The molecule has 0 aromatic rings. The van der Waals surface area contributed by atoms with E-state index in [9.17, 15) is 0 Å². The first kappa shape index (κ1) is 12.4. The second-order valence-corrected chi connectivity index (χ2v) is 6.08. The molecule has 0 heterocycles. The van der Waals surface area contributed by atoms with Crippen molar-refractivity contribution in [2.24, 2.45) is 11.8 Å². The Morgan fingerprint density at radius 3 is 2.25 bits per heavy atom. The van der Waals surface area contributed by atoms with Gasteiger partial charge in [0.25, 0.3) is 0 Å². The van der Waals surface area contributed by atoms with Crippen LogP contribution in [0, 0.1) is 11.8 Å². The number of rotatable bonds is 8. The summed E-state index contributed by atoms with van der Waals surface area (Å²) in [6.07, 6.45) is 5.79. The van der Waals surface area contributed by atoms with Gasteiger partial charge in [0.2, 0.25) is 0 Å². The summed E-state index contributed by atoms with van der Waals surface area (Å²) in [6.45, 7) is 10.6. The van der Waals surface area contributed by atoms with Crippen molar-refractivity contribution in [3.05, 3.63) is 0 Å². The third kappa shape index (κ3) is 3.74. The maximum Gasteiger partial charge on any atom is 0.0223 e. The summed E-state index contributed by atoms with van der Waals surface area (Å²) < 4.78 is 0. The van der Waals surface area contributed by atoms with E-state index in [2.05, 4.69) is 31.0 Å². The standard InChI is InChI=1S/C14H28N2/c1-4-15-14(12-5-6-12)10-16(9-11(2)3)13-7-8-13/h11-15H,4-10H2,1-3H3. The summed E-state index contributed by atoms with van der Waals surface area (Å²) in [5.41, 5.74) is 0. The normalized spacial score (nSPS) is 23.1. The van der Waals surface area contributed by atoms with Crippen molar-refractivity contribution in [1.82, 2.24) is 10.2 Å². The van der Waals surface area contributed by atoms with E-state index in [1.807, 2.05) is 0 Å². The lowest BCUT2D eigenvalue weighted by Gasteiger charge is -2.29. The molecule has 1 atom stereocenters. The predicted octanol–water partition coefficient (Wildman–Crippen LogP) is 2.49. The molecule has 16 heavy (non-hydrogen) atoms. The van der Waals surface area contributed by atoms with Gasteiger partial charge in [0, 0.05) is 25.2 Å². The molecule has 0 aromatic carbocycles. The maximum atomic E-state index is 3.69. The Labute approximate surface area is 101 Å². The van der Waals surface area contributed by atoms with Gasteiger partial charge >= 0.3 is 0 Å². The Bertz CT molecular complexity index is 207. The van der Waals surface area contributed by atoms with E-state index < -0.39 is 0 Å². The number of hydrogen-bond acceptors (Lipinski definition) is 2. The Morgan fingerprint density at radius 1 is 1.12 bits per heavy atom. The first-order chi connectivity index (χ1) is 7.70. The summed E-state index contributed by atoms with van der Waals surface area (Å²) in [5.74, 6) is 1.79. The van der Waals surface area contributed by atoms with Gasteiger partial charge in [-0.1, -0.05) is 20.8 Å². The van der Waals surface area contributed by atoms with Gasteiger partial charge in [-0.2, -0.15) is 0 Å². The van der Waals surface area contributed by atoms with Gasteiger partial charge < -0.3 is 5.32 Å². The molecule has 0 aromatic heterocycles. The highest BCUT2D eigenvalue weighted by Crippen LogP contribution is 2.35. The van der Waals surface area contributed by atoms with Crippen molar-refractivity contribution in [1.29, 1.82) is 0 Å². The van der Waals surface area contributed by atoms with Crippen LogP contribution in [0.1, 0.15) is 46.5 Å². The zero-order valence-electron chi connectivity index (χ0n) is 11.2. The molecule has 2 heteroatoms. The summed E-state index contributed by atoms with van der Waals surface area (Å²) in [7, 11) is 0. The number of hydrogen-bond donors (Lipinski definition) is 1. The van der Waals surface area contributed by atoms with Gasteiger partial charge in [0.15, 0.2) is 0 Å². The summed E-state index contributed by atoms with van der Waals surface area (Å²) >= 11 is 0. The third-order valence-electron chi connectivity index (χ3n) is 3.75. The zero-order chi connectivity index (χ0) is 11.5. The van der Waals surface area contributed by atoms with E-state index in [1.54, 1.807) is 0 Å². The molecule has 2 aliphatic carbocycles. The third-order valence-corrected chi connectivity index (χ3v) is 3.75. The summed E-state index contributed by atoms with van der Waals surface area (Å²) in [4.78, 5) is 2.75.